The second kappa shape index (κ2) is 12.2. The molecule has 0 heterocycles. The summed E-state index contributed by atoms with van der Waals surface area (Å²) < 4.78 is 5.46. The number of allylic oxidation sites excluding steroid dienone is 4. The lowest BCUT2D eigenvalue weighted by molar-refractivity contribution is -0.114. The minimum Gasteiger partial charge on any atom is -0.369 e. The highest BCUT2D eigenvalue weighted by molar-refractivity contribution is 5.78. The highest BCUT2D eigenvalue weighted by Gasteiger charge is 2.26. The Balaban J connectivity index is 2.47. The molecule has 1 aromatic rings. The van der Waals surface area contributed by atoms with Gasteiger partial charge >= 0.3 is 0 Å². The van der Waals surface area contributed by atoms with Gasteiger partial charge in [-0.25, -0.2) is 0 Å². The zero-order valence-electron chi connectivity index (χ0n) is 17.8. The summed E-state index contributed by atoms with van der Waals surface area (Å²) in [7, 11) is 1.54. The number of methoxy groups -OCH3 is 1. The maximum atomic E-state index is 11.7. The third kappa shape index (κ3) is 6.53. The molecule has 1 aliphatic carbocycles. The third-order valence-electron chi connectivity index (χ3n) is 5.53. The molecule has 0 aromatic heterocycles. The van der Waals surface area contributed by atoms with E-state index in [9.17, 15) is 9.59 Å². The van der Waals surface area contributed by atoms with Crippen molar-refractivity contribution in [3.05, 3.63) is 71.0 Å². The average molecular weight is 396 g/mol. The lowest BCUT2D eigenvalue weighted by Gasteiger charge is -2.34. The van der Waals surface area contributed by atoms with Crippen LogP contribution in [0.25, 0.3) is 0 Å². The van der Waals surface area contributed by atoms with E-state index in [1.54, 1.807) is 13.2 Å². The quantitative estimate of drug-likeness (QED) is 0.300. The van der Waals surface area contributed by atoms with Crippen molar-refractivity contribution in [1.82, 2.24) is 4.90 Å². The van der Waals surface area contributed by atoms with E-state index in [4.69, 9.17) is 4.74 Å². The molecule has 156 valence electrons. The SMILES string of the molecule is CC/C=C(C=O)/C=C\C(=C(/C)N(Cc1ccccc1)C1CCCC1)C(C=O)OC. The molecule has 0 saturated heterocycles. The molecule has 1 aromatic carbocycles. The Labute approximate surface area is 174 Å². The molecule has 1 atom stereocenters. The van der Waals surface area contributed by atoms with Crippen LogP contribution in [0.3, 0.4) is 0 Å². The Morgan fingerprint density at radius 3 is 2.41 bits per heavy atom. The predicted octanol–water partition coefficient (Wildman–Crippen LogP) is 5.01. The Bertz CT molecular complexity index is 743. The fourth-order valence-corrected chi connectivity index (χ4v) is 3.94. The predicted molar refractivity (Wildman–Crippen MR) is 117 cm³/mol. The van der Waals surface area contributed by atoms with Gasteiger partial charge in [0.25, 0.3) is 0 Å². The lowest BCUT2D eigenvalue weighted by atomic mass is 10.0. The average Bonchev–Trinajstić information content (AvgIpc) is 3.29. The molecule has 0 aliphatic heterocycles. The standard InChI is InChI=1S/C25H33NO3/c1-4-10-22(18-27)15-16-24(25(19-28)29-3)20(2)26(23-13-8-9-14-23)17-21-11-6-5-7-12-21/h5-7,10-12,15-16,18-19,23,25H,4,8-9,13-14,17H2,1-3H3/b16-15-,22-10-,24-20-. The van der Waals surface area contributed by atoms with Crippen molar-refractivity contribution < 1.29 is 14.3 Å². The van der Waals surface area contributed by atoms with Gasteiger partial charge in [-0.15, -0.1) is 0 Å². The molecule has 1 unspecified atom stereocenters. The molecule has 4 nitrogen and oxygen atoms in total. The summed E-state index contributed by atoms with van der Waals surface area (Å²) in [6.07, 6.45) is 12.0. The van der Waals surface area contributed by atoms with E-state index < -0.39 is 6.10 Å². The minimum atomic E-state index is -0.666. The van der Waals surface area contributed by atoms with Crippen LogP contribution in [0, 0.1) is 0 Å². The molecular weight excluding hydrogens is 362 g/mol. The van der Waals surface area contributed by atoms with Crippen molar-refractivity contribution in [2.45, 2.75) is 64.6 Å². The molecular formula is C25H33NO3. The van der Waals surface area contributed by atoms with Crippen LogP contribution in [0.15, 0.2) is 65.4 Å². The van der Waals surface area contributed by atoms with Crippen molar-refractivity contribution in [2.24, 2.45) is 0 Å². The fourth-order valence-electron chi connectivity index (χ4n) is 3.94. The number of hydrogen-bond donors (Lipinski definition) is 0. The second-order valence-corrected chi connectivity index (χ2v) is 7.45. The van der Waals surface area contributed by atoms with Gasteiger partial charge in [-0.05, 0) is 31.7 Å². The van der Waals surface area contributed by atoms with E-state index in [2.05, 4.69) is 36.1 Å². The molecule has 0 N–H and O–H groups in total. The monoisotopic (exact) mass is 395 g/mol. The summed E-state index contributed by atoms with van der Waals surface area (Å²) in [5.41, 5.74) is 3.67. The Kier molecular flexibility index (Phi) is 9.58. The van der Waals surface area contributed by atoms with Crippen LogP contribution in [-0.2, 0) is 20.9 Å². The summed E-state index contributed by atoms with van der Waals surface area (Å²) in [5, 5.41) is 0. The van der Waals surface area contributed by atoms with Crippen LogP contribution < -0.4 is 0 Å². The van der Waals surface area contributed by atoms with Crippen molar-refractivity contribution >= 4 is 12.6 Å². The van der Waals surface area contributed by atoms with Gasteiger partial charge in [0, 0.05) is 36.5 Å². The Hall–Kier alpha value is -2.46. The smallest absolute Gasteiger partial charge is 0.153 e. The van der Waals surface area contributed by atoms with Crippen LogP contribution in [0.5, 0.6) is 0 Å². The highest BCUT2D eigenvalue weighted by atomic mass is 16.5. The van der Waals surface area contributed by atoms with Crippen LogP contribution in [0.1, 0.15) is 51.5 Å². The van der Waals surface area contributed by atoms with Crippen molar-refractivity contribution in [2.75, 3.05) is 7.11 Å². The lowest BCUT2D eigenvalue weighted by Crippen LogP contribution is -2.33. The number of aldehydes is 2. The highest BCUT2D eigenvalue weighted by Crippen LogP contribution is 2.30. The third-order valence-corrected chi connectivity index (χ3v) is 5.53. The first-order valence-corrected chi connectivity index (χ1v) is 10.5. The number of benzene rings is 1. The zero-order valence-corrected chi connectivity index (χ0v) is 17.8. The van der Waals surface area contributed by atoms with Crippen LogP contribution in [-0.4, -0.2) is 36.7 Å². The van der Waals surface area contributed by atoms with Crippen LogP contribution in [0.4, 0.5) is 0 Å². The van der Waals surface area contributed by atoms with Crippen LogP contribution in [0.2, 0.25) is 0 Å². The van der Waals surface area contributed by atoms with E-state index in [0.29, 0.717) is 11.6 Å². The number of carbonyl (C=O) groups excluding carboxylic acids is 2. The number of hydrogen-bond acceptors (Lipinski definition) is 4. The summed E-state index contributed by atoms with van der Waals surface area (Å²) >= 11 is 0. The number of rotatable bonds is 11. The normalized spacial score (nSPS) is 17.3. The second-order valence-electron chi connectivity index (χ2n) is 7.45. The van der Waals surface area contributed by atoms with Crippen LogP contribution >= 0.6 is 0 Å². The summed E-state index contributed by atoms with van der Waals surface area (Å²) in [6.45, 7) is 4.83. The molecule has 2 rings (SSSR count). The van der Waals surface area contributed by atoms with E-state index in [0.717, 1.165) is 49.6 Å². The van der Waals surface area contributed by atoms with Gasteiger partial charge in [0.1, 0.15) is 12.4 Å². The molecule has 0 amide bonds. The van der Waals surface area contributed by atoms with E-state index >= 15 is 0 Å². The molecule has 0 radical (unpaired) electrons. The number of nitrogens with zero attached hydrogens (tertiary/aromatic N) is 1. The Morgan fingerprint density at radius 2 is 1.86 bits per heavy atom. The van der Waals surface area contributed by atoms with E-state index in [-0.39, 0.29) is 0 Å². The molecule has 4 heteroatoms. The topological polar surface area (TPSA) is 46.6 Å². The van der Waals surface area contributed by atoms with Crippen molar-refractivity contribution in [3.8, 4) is 0 Å². The molecule has 29 heavy (non-hydrogen) atoms. The number of carbonyl (C=O) groups is 2. The molecule has 1 saturated carbocycles. The first kappa shape index (κ1) is 22.8. The van der Waals surface area contributed by atoms with Gasteiger partial charge in [-0.1, -0.05) is 68.3 Å². The van der Waals surface area contributed by atoms with Crippen molar-refractivity contribution in [3.63, 3.8) is 0 Å². The summed E-state index contributed by atoms with van der Waals surface area (Å²) in [4.78, 5) is 25.5. The summed E-state index contributed by atoms with van der Waals surface area (Å²) in [6, 6.07) is 10.8. The largest absolute Gasteiger partial charge is 0.369 e. The summed E-state index contributed by atoms with van der Waals surface area (Å²) in [5.74, 6) is 0. The van der Waals surface area contributed by atoms with E-state index in [1.165, 1.54) is 18.4 Å². The zero-order chi connectivity index (χ0) is 21.1. The van der Waals surface area contributed by atoms with E-state index in [1.807, 2.05) is 25.1 Å². The van der Waals surface area contributed by atoms with Gasteiger partial charge in [0.15, 0.2) is 6.29 Å². The van der Waals surface area contributed by atoms with Gasteiger partial charge in [-0.2, -0.15) is 0 Å². The molecule has 1 aliphatic rings. The maximum Gasteiger partial charge on any atom is 0.153 e. The van der Waals surface area contributed by atoms with Crippen molar-refractivity contribution in [1.29, 1.82) is 0 Å². The van der Waals surface area contributed by atoms with Gasteiger partial charge in [-0.3, -0.25) is 4.79 Å². The Morgan fingerprint density at radius 1 is 1.17 bits per heavy atom. The fraction of sp³-hybridized carbons (Fsp3) is 0.440. The first-order valence-electron chi connectivity index (χ1n) is 10.5. The molecule has 0 spiro atoms. The maximum absolute atomic E-state index is 11.7. The minimum absolute atomic E-state index is 0.444. The van der Waals surface area contributed by atoms with Gasteiger partial charge in [0.05, 0.1) is 0 Å². The molecule has 0 bridgehead atoms. The first-order chi connectivity index (χ1) is 14.1. The molecule has 1 fully saturated rings. The van der Waals surface area contributed by atoms with Gasteiger partial charge in [0.2, 0.25) is 0 Å². The van der Waals surface area contributed by atoms with Gasteiger partial charge < -0.3 is 14.4 Å². The number of ether oxygens (including phenoxy) is 1.